The van der Waals surface area contributed by atoms with Crippen molar-refractivity contribution >= 4 is 17.5 Å². The number of nitrogens with zero attached hydrogens (tertiary/aromatic N) is 3. The van der Waals surface area contributed by atoms with E-state index in [1.165, 1.54) is 0 Å². The summed E-state index contributed by atoms with van der Waals surface area (Å²) in [4.78, 5) is 18.6. The third-order valence-electron chi connectivity index (χ3n) is 3.94. The van der Waals surface area contributed by atoms with E-state index in [4.69, 9.17) is 16.1 Å². The number of likely N-dealkylation sites (tertiary alicyclic amines) is 1. The summed E-state index contributed by atoms with van der Waals surface area (Å²) in [5.74, 6) is 1.55. The molecule has 0 bridgehead atoms. The predicted molar refractivity (Wildman–Crippen MR) is 82.7 cm³/mol. The third-order valence-corrected chi connectivity index (χ3v) is 4.19. The molecule has 1 atom stereocenters. The summed E-state index contributed by atoms with van der Waals surface area (Å²) >= 11 is 5.87. The number of halogens is 1. The molecule has 1 aromatic carbocycles. The van der Waals surface area contributed by atoms with Crippen molar-refractivity contribution in [2.75, 3.05) is 13.1 Å². The molecule has 2 aromatic rings. The highest BCUT2D eigenvalue weighted by Crippen LogP contribution is 2.26. The van der Waals surface area contributed by atoms with Gasteiger partial charge in [0.05, 0.1) is 12.3 Å². The smallest absolute Gasteiger partial charge is 0.231 e. The quantitative estimate of drug-likeness (QED) is 0.872. The number of carbonyl (C=O) groups excluding carboxylic acids is 1. The van der Waals surface area contributed by atoms with Gasteiger partial charge in [-0.1, -0.05) is 28.9 Å². The number of aryl methyl sites for hydroxylation is 1. The van der Waals surface area contributed by atoms with Crippen molar-refractivity contribution in [3.8, 4) is 0 Å². The normalized spacial score (nSPS) is 18.5. The topological polar surface area (TPSA) is 59.2 Å². The van der Waals surface area contributed by atoms with Gasteiger partial charge in [-0.25, -0.2) is 0 Å². The number of aromatic nitrogens is 2. The Morgan fingerprint density at radius 2 is 2.18 bits per heavy atom. The summed E-state index contributed by atoms with van der Waals surface area (Å²) in [5, 5.41) is 4.52. The van der Waals surface area contributed by atoms with Crippen LogP contribution in [0, 0.1) is 6.92 Å². The van der Waals surface area contributed by atoms with E-state index in [0.29, 0.717) is 29.7 Å². The molecule has 1 fully saturated rings. The maximum atomic E-state index is 12.5. The molecule has 1 aliphatic rings. The predicted octanol–water partition coefficient (Wildman–Crippen LogP) is 2.98. The van der Waals surface area contributed by atoms with Crippen LogP contribution in [0.3, 0.4) is 0 Å². The van der Waals surface area contributed by atoms with E-state index in [1.54, 1.807) is 6.92 Å². The lowest BCUT2D eigenvalue weighted by atomic mass is 9.97. The van der Waals surface area contributed by atoms with E-state index in [-0.39, 0.29) is 11.8 Å². The Bertz CT molecular complexity index is 654. The maximum Gasteiger partial charge on any atom is 0.231 e. The van der Waals surface area contributed by atoms with Crippen molar-refractivity contribution in [1.82, 2.24) is 15.0 Å². The van der Waals surface area contributed by atoms with Crippen LogP contribution in [-0.2, 0) is 11.2 Å². The number of rotatable bonds is 3. The van der Waals surface area contributed by atoms with Crippen LogP contribution in [0.15, 0.2) is 28.8 Å². The lowest BCUT2D eigenvalue weighted by Gasteiger charge is -2.31. The minimum Gasteiger partial charge on any atom is -0.342 e. The number of piperidine rings is 1. The molecule has 0 spiro atoms. The Morgan fingerprint density at radius 3 is 2.86 bits per heavy atom. The first kappa shape index (κ1) is 15.0. The zero-order valence-corrected chi connectivity index (χ0v) is 13.2. The minimum atomic E-state index is 0.128. The summed E-state index contributed by atoms with van der Waals surface area (Å²) < 4.78 is 5.25. The summed E-state index contributed by atoms with van der Waals surface area (Å²) in [6.07, 6.45) is 2.33. The second-order valence-corrected chi connectivity index (χ2v) is 6.10. The molecule has 0 N–H and O–H groups in total. The van der Waals surface area contributed by atoms with Crippen LogP contribution >= 0.6 is 11.6 Å². The first-order valence-electron chi connectivity index (χ1n) is 7.44. The van der Waals surface area contributed by atoms with Crippen molar-refractivity contribution in [3.63, 3.8) is 0 Å². The Kier molecular flexibility index (Phi) is 4.43. The molecule has 0 saturated carbocycles. The average Bonchev–Trinajstić information content (AvgIpc) is 2.96. The van der Waals surface area contributed by atoms with Gasteiger partial charge in [0.25, 0.3) is 0 Å². The number of hydrogen-bond acceptors (Lipinski definition) is 4. The fourth-order valence-electron chi connectivity index (χ4n) is 2.77. The molecule has 22 heavy (non-hydrogen) atoms. The molecule has 1 amide bonds. The Balaban J connectivity index is 1.63. The van der Waals surface area contributed by atoms with Gasteiger partial charge < -0.3 is 9.42 Å². The van der Waals surface area contributed by atoms with E-state index >= 15 is 0 Å². The van der Waals surface area contributed by atoms with Crippen LogP contribution in [0.5, 0.6) is 0 Å². The highest BCUT2D eigenvalue weighted by molar-refractivity contribution is 6.30. The van der Waals surface area contributed by atoms with E-state index in [1.807, 2.05) is 29.2 Å². The van der Waals surface area contributed by atoms with Crippen molar-refractivity contribution in [2.45, 2.75) is 32.1 Å². The van der Waals surface area contributed by atoms with Gasteiger partial charge in [-0.15, -0.1) is 0 Å². The fraction of sp³-hybridized carbons (Fsp3) is 0.438. The largest absolute Gasteiger partial charge is 0.342 e. The first-order chi connectivity index (χ1) is 10.6. The molecular weight excluding hydrogens is 302 g/mol. The minimum absolute atomic E-state index is 0.128. The summed E-state index contributed by atoms with van der Waals surface area (Å²) in [7, 11) is 0. The zero-order valence-electron chi connectivity index (χ0n) is 12.5. The molecule has 0 radical (unpaired) electrons. The van der Waals surface area contributed by atoms with Crippen molar-refractivity contribution < 1.29 is 9.32 Å². The van der Waals surface area contributed by atoms with Crippen LogP contribution in [0.4, 0.5) is 0 Å². The highest BCUT2D eigenvalue weighted by Gasteiger charge is 2.28. The molecule has 116 valence electrons. The Hall–Kier alpha value is -1.88. The van der Waals surface area contributed by atoms with Crippen LogP contribution in [-0.4, -0.2) is 34.0 Å². The molecule has 3 rings (SSSR count). The molecule has 0 aliphatic carbocycles. The van der Waals surface area contributed by atoms with E-state index in [0.717, 1.165) is 24.9 Å². The van der Waals surface area contributed by atoms with Crippen molar-refractivity contribution in [1.29, 1.82) is 0 Å². The maximum absolute atomic E-state index is 12.5. The Morgan fingerprint density at radius 1 is 1.41 bits per heavy atom. The van der Waals surface area contributed by atoms with Crippen molar-refractivity contribution in [3.05, 3.63) is 46.6 Å². The molecule has 0 unspecified atom stereocenters. The monoisotopic (exact) mass is 319 g/mol. The van der Waals surface area contributed by atoms with Crippen LogP contribution < -0.4 is 0 Å². The van der Waals surface area contributed by atoms with E-state index in [2.05, 4.69) is 10.1 Å². The second-order valence-electron chi connectivity index (χ2n) is 5.66. The summed E-state index contributed by atoms with van der Waals surface area (Å²) in [6.45, 7) is 3.24. The van der Waals surface area contributed by atoms with Gasteiger partial charge in [0, 0.05) is 18.1 Å². The zero-order chi connectivity index (χ0) is 15.5. The highest BCUT2D eigenvalue weighted by atomic mass is 35.5. The van der Waals surface area contributed by atoms with E-state index < -0.39 is 0 Å². The van der Waals surface area contributed by atoms with Gasteiger partial charge in [-0.2, -0.15) is 4.98 Å². The molecule has 6 heteroatoms. The van der Waals surface area contributed by atoms with Gasteiger partial charge in [0.1, 0.15) is 0 Å². The number of carbonyl (C=O) groups is 1. The summed E-state index contributed by atoms with van der Waals surface area (Å²) in [6, 6.07) is 7.40. The van der Waals surface area contributed by atoms with Crippen LogP contribution in [0.25, 0.3) is 0 Å². The third kappa shape index (κ3) is 3.47. The van der Waals surface area contributed by atoms with Gasteiger partial charge in [-0.05, 0) is 37.5 Å². The Labute approximate surface area is 134 Å². The summed E-state index contributed by atoms with van der Waals surface area (Å²) in [5.41, 5.74) is 0.977. The number of amides is 1. The average molecular weight is 320 g/mol. The number of hydrogen-bond donors (Lipinski definition) is 0. The lowest BCUT2D eigenvalue weighted by Crippen LogP contribution is -2.40. The number of benzene rings is 1. The van der Waals surface area contributed by atoms with Crippen LogP contribution in [0.2, 0.25) is 5.02 Å². The van der Waals surface area contributed by atoms with Gasteiger partial charge in [0.15, 0.2) is 5.82 Å². The molecule has 1 aromatic heterocycles. The van der Waals surface area contributed by atoms with E-state index in [9.17, 15) is 4.79 Å². The first-order valence-corrected chi connectivity index (χ1v) is 7.82. The van der Waals surface area contributed by atoms with Gasteiger partial charge >= 0.3 is 0 Å². The molecule has 5 nitrogen and oxygen atoms in total. The van der Waals surface area contributed by atoms with Crippen molar-refractivity contribution in [2.24, 2.45) is 0 Å². The molecule has 1 aliphatic heterocycles. The molecule has 2 heterocycles. The fourth-order valence-corrected chi connectivity index (χ4v) is 2.90. The lowest BCUT2D eigenvalue weighted by molar-refractivity contribution is -0.131. The standard InChI is InChI=1S/C16H18ClN3O2/c1-11-18-16(22-19-11)13-3-2-8-20(10-13)15(21)9-12-4-6-14(17)7-5-12/h4-7,13H,2-3,8-10H2,1H3/t13-/m1/s1. The second kappa shape index (κ2) is 6.48. The molecular formula is C16H18ClN3O2. The SMILES string of the molecule is Cc1noc([C@@H]2CCCN(C(=O)Cc3ccc(Cl)cc3)C2)n1. The van der Waals surface area contributed by atoms with Gasteiger partial charge in [-0.3, -0.25) is 4.79 Å². The van der Waals surface area contributed by atoms with Gasteiger partial charge in [0.2, 0.25) is 11.8 Å². The molecule has 1 saturated heterocycles. The van der Waals surface area contributed by atoms with Crippen LogP contribution in [0.1, 0.15) is 36.0 Å².